The van der Waals surface area contributed by atoms with Crippen LogP contribution >= 0.6 is 0 Å². The van der Waals surface area contributed by atoms with Gasteiger partial charge in [0.15, 0.2) is 5.78 Å². The van der Waals surface area contributed by atoms with E-state index in [0.717, 1.165) is 36.5 Å². The molecule has 4 aliphatic rings. The minimum absolute atomic E-state index is 0.388. The molecule has 0 N–H and O–H groups in total. The highest BCUT2D eigenvalue weighted by Crippen LogP contribution is 2.63. The van der Waals surface area contributed by atoms with Gasteiger partial charge in [-0.1, -0.05) is 31.1 Å². The fraction of sp³-hybridized carbons (Fsp3) is 0.762. The van der Waals surface area contributed by atoms with Crippen molar-refractivity contribution >= 4 is 5.78 Å². The zero-order chi connectivity index (χ0) is 15.3. The Bertz CT molecular complexity index is 540. The quantitative estimate of drug-likeness (QED) is 0.587. The van der Waals surface area contributed by atoms with Crippen LogP contribution in [0.2, 0.25) is 0 Å². The zero-order valence-electron chi connectivity index (χ0n) is 14.2. The summed E-state index contributed by atoms with van der Waals surface area (Å²) < 4.78 is 0. The maximum Gasteiger partial charge on any atom is 0.155 e. The fourth-order valence-corrected chi connectivity index (χ4v) is 6.61. The predicted octanol–water partition coefficient (Wildman–Crippen LogP) is 5.46. The van der Waals surface area contributed by atoms with Crippen LogP contribution in [0.25, 0.3) is 0 Å². The molecule has 0 spiro atoms. The third-order valence-corrected chi connectivity index (χ3v) is 7.60. The lowest BCUT2D eigenvalue weighted by Crippen LogP contribution is -2.45. The Kier molecular flexibility index (Phi) is 3.58. The Labute approximate surface area is 135 Å². The normalized spacial score (nSPS) is 46.0. The van der Waals surface area contributed by atoms with Gasteiger partial charge >= 0.3 is 0 Å². The van der Waals surface area contributed by atoms with E-state index in [1.54, 1.807) is 5.57 Å². The number of ketones is 1. The van der Waals surface area contributed by atoms with E-state index in [2.05, 4.69) is 19.9 Å². The first-order valence-electron chi connectivity index (χ1n) is 9.56. The van der Waals surface area contributed by atoms with Crippen LogP contribution in [0.5, 0.6) is 0 Å². The second kappa shape index (κ2) is 5.35. The molecule has 5 atom stereocenters. The minimum Gasteiger partial charge on any atom is -0.295 e. The lowest BCUT2D eigenvalue weighted by molar-refractivity contribution is -0.115. The molecule has 3 fully saturated rings. The van der Waals surface area contributed by atoms with Gasteiger partial charge in [-0.3, -0.25) is 4.79 Å². The molecule has 0 radical (unpaired) electrons. The SMILES string of the molecule is CC/C=C1\CCC2C3CCC4=CC(=O)CCC4C3CCC12C. The van der Waals surface area contributed by atoms with Crippen molar-refractivity contribution in [2.45, 2.75) is 71.6 Å². The molecule has 120 valence electrons. The molecular weight excluding hydrogens is 268 g/mol. The maximum absolute atomic E-state index is 11.7. The van der Waals surface area contributed by atoms with Crippen LogP contribution in [0.4, 0.5) is 0 Å². The van der Waals surface area contributed by atoms with Crippen LogP contribution in [0.1, 0.15) is 71.6 Å². The van der Waals surface area contributed by atoms with Crippen molar-refractivity contribution in [3.05, 3.63) is 23.3 Å². The molecule has 0 aliphatic heterocycles. The zero-order valence-corrected chi connectivity index (χ0v) is 14.2. The Morgan fingerprint density at radius 2 is 2.00 bits per heavy atom. The predicted molar refractivity (Wildman–Crippen MR) is 90.5 cm³/mol. The standard InChI is InChI=1S/C21H30O/c1-3-4-15-6-10-20-19-8-5-14-13-16(22)7-9-17(14)18(19)11-12-21(15,20)2/h4,13,17-20H,3,5-12H2,1-2H3/b15-4+. The van der Waals surface area contributed by atoms with Crippen LogP contribution < -0.4 is 0 Å². The van der Waals surface area contributed by atoms with Gasteiger partial charge in [0.05, 0.1) is 0 Å². The molecule has 1 heteroatoms. The summed E-state index contributed by atoms with van der Waals surface area (Å²) in [4.78, 5) is 11.7. The summed E-state index contributed by atoms with van der Waals surface area (Å²) in [5.41, 5.74) is 3.80. The van der Waals surface area contributed by atoms with Crippen LogP contribution in [0.15, 0.2) is 23.3 Å². The molecule has 0 aromatic rings. The van der Waals surface area contributed by atoms with Crippen LogP contribution in [-0.4, -0.2) is 5.78 Å². The fourth-order valence-electron chi connectivity index (χ4n) is 6.61. The van der Waals surface area contributed by atoms with E-state index in [-0.39, 0.29) is 0 Å². The second-order valence-corrected chi connectivity index (χ2v) is 8.44. The number of carbonyl (C=O) groups is 1. The summed E-state index contributed by atoms with van der Waals surface area (Å²) >= 11 is 0. The Balaban J connectivity index is 1.62. The Morgan fingerprint density at radius 1 is 1.14 bits per heavy atom. The van der Waals surface area contributed by atoms with Gasteiger partial charge in [-0.2, -0.15) is 0 Å². The topological polar surface area (TPSA) is 17.1 Å². The third kappa shape index (κ3) is 2.07. The van der Waals surface area contributed by atoms with Crippen molar-refractivity contribution < 1.29 is 4.79 Å². The van der Waals surface area contributed by atoms with Gasteiger partial charge in [0, 0.05) is 6.42 Å². The number of rotatable bonds is 1. The van der Waals surface area contributed by atoms with Crippen molar-refractivity contribution in [1.82, 2.24) is 0 Å². The molecule has 0 aromatic carbocycles. The second-order valence-electron chi connectivity index (χ2n) is 8.44. The van der Waals surface area contributed by atoms with Crippen molar-refractivity contribution in [1.29, 1.82) is 0 Å². The number of hydrogen-bond donors (Lipinski definition) is 0. The number of hydrogen-bond acceptors (Lipinski definition) is 1. The molecule has 4 rings (SSSR count). The van der Waals surface area contributed by atoms with Gasteiger partial charge in [0.2, 0.25) is 0 Å². The molecule has 0 aromatic heterocycles. The highest BCUT2D eigenvalue weighted by atomic mass is 16.1. The summed E-state index contributed by atoms with van der Waals surface area (Å²) in [5, 5.41) is 0. The molecule has 4 aliphatic carbocycles. The van der Waals surface area contributed by atoms with Crippen LogP contribution in [-0.2, 0) is 4.79 Å². The van der Waals surface area contributed by atoms with E-state index in [0.29, 0.717) is 11.2 Å². The molecule has 1 nitrogen and oxygen atoms in total. The Hall–Kier alpha value is -0.850. The summed E-state index contributed by atoms with van der Waals surface area (Å²) in [7, 11) is 0. The average Bonchev–Trinajstić information content (AvgIpc) is 2.84. The average molecular weight is 298 g/mol. The van der Waals surface area contributed by atoms with Crippen LogP contribution in [0.3, 0.4) is 0 Å². The van der Waals surface area contributed by atoms with Crippen LogP contribution in [0, 0.1) is 29.1 Å². The summed E-state index contributed by atoms with van der Waals surface area (Å²) in [5.74, 6) is 3.87. The summed E-state index contributed by atoms with van der Waals surface area (Å²) in [6, 6.07) is 0. The molecule has 3 saturated carbocycles. The largest absolute Gasteiger partial charge is 0.295 e. The Morgan fingerprint density at radius 3 is 2.82 bits per heavy atom. The van der Waals surface area contributed by atoms with Crippen molar-refractivity contribution in [2.75, 3.05) is 0 Å². The van der Waals surface area contributed by atoms with Crippen molar-refractivity contribution in [2.24, 2.45) is 29.1 Å². The lowest BCUT2D eigenvalue weighted by atomic mass is 9.52. The van der Waals surface area contributed by atoms with E-state index in [9.17, 15) is 4.79 Å². The molecule has 5 unspecified atom stereocenters. The van der Waals surface area contributed by atoms with E-state index in [1.807, 2.05) is 6.08 Å². The van der Waals surface area contributed by atoms with Gasteiger partial charge < -0.3 is 0 Å². The van der Waals surface area contributed by atoms with E-state index < -0.39 is 0 Å². The molecule has 22 heavy (non-hydrogen) atoms. The number of allylic oxidation sites excluding steroid dienone is 3. The molecule has 0 bridgehead atoms. The first kappa shape index (κ1) is 14.7. The van der Waals surface area contributed by atoms with Crippen molar-refractivity contribution in [3.63, 3.8) is 0 Å². The minimum atomic E-state index is 0.388. The molecule has 0 saturated heterocycles. The first-order chi connectivity index (χ1) is 10.6. The van der Waals surface area contributed by atoms with Gasteiger partial charge in [-0.15, -0.1) is 0 Å². The third-order valence-electron chi connectivity index (χ3n) is 7.60. The van der Waals surface area contributed by atoms with Gasteiger partial charge in [-0.25, -0.2) is 0 Å². The monoisotopic (exact) mass is 298 g/mol. The lowest BCUT2D eigenvalue weighted by Gasteiger charge is -2.53. The molecule has 0 amide bonds. The van der Waals surface area contributed by atoms with E-state index in [1.165, 1.54) is 50.5 Å². The van der Waals surface area contributed by atoms with Crippen molar-refractivity contribution in [3.8, 4) is 0 Å². The van der Waals surface area contributed by atoms with Gasteiger partial charge in [-0.05, 0) is 86.5 Å². The highest BCUT2D eigenvalue weighted by Gasteiger charge is 2.54. The highest BCUT2D eigenvalue weighted by molar-refractivity contribution is 5.91. The first-order valence-corrected chi connectivity index (χ1v) is 9.56. The van der Waals surface area contributed by atoms with E-state index >= 15 is 0 Å². The number of carbonyl (C=O) groups excluding carboxylic acids is 1. The maximum atomic E-state index is 11.7. The van der Waals surface area contributed by atoms with Gasteiger partial charge in [0.1, 0.15) is 0 Å². The van der Waals surface area contributed by atoms with Gasteiger partial charge in [0.25, 0.3) is 0 Å². The molecule has 0 heterocycles. The summed E-state index contributed by atoms with van der Waals surface area (Å²) in [6.07, 6.45) is 15.8. The smallest absolute Gasteiger partial charge is 0.155 e. The van der Waals surface area contributed by atoms with E-state index in [4.69, 9.17) is 0 Å². The molecular formula is C21H30O. The number of fused-ring (bicyclic) bond motifs is 5. The summed E-state index contributed by atoms with van der Waals surface area (Å²) in [6.45, 7) is 4.85.